The van der Waals surface area contributed by atoms with Gasteiger partial charge in [-0.05, 0) is 24.1 Å². The van der Waals surface area contributed by atoms with Gasteiger partial charge in [0, 0.05) is 32.8 Å². The molecule has 1 aliphatic rings. The van der Waals surface area contributed by atoms with Crippen molar-refractivity contribution in [3.05, 3.63) is 48.1 Å². The Hall–Kier alpha value is -3.43. The van der Waals surface area contributed by atoms with Crippen molar-refractivity contribution in [2.75, 3.05) is 31.6 Å². The van der Waals surface area contributed by atoms with Crippen LogP contribution in [0.15, 0.2) is 41.1 Å². The summed E-state index contributed by atoms with van der Waals surface area (Å²) in [6, 6.07) is 8.24. The highest BCUT2D eigenvalue weighted by atomic mass is 16.5. The predicted octanol–water partition coefficient (Wildman–Crippen LogP) is 0.844. The second-order valence-electron chi connectivity index (χ2n) is 7.19. The third-order valence-corrected chi connectivity index (χ3v) is 5.03. The molecule has 1 N–H and O–H groups in total. The molecule has 1 amide bonds. The summed E-state index contributed by atoms with van der Waals surface area (Å²) in [4.78, 5) is 15.1. The van der Waals surface area contributed by atoms with E-state index in [1.807, 2.05) is 29.2 Å². The monoisotopic (exact) mass is 397 g/mol. The fourth-order valence-electron chi connectivity index (χ4n) is 3.57. The first-order valence-electron chi connectivity index (χ1n) is 9.38. The summed E-state index contributed by atoms with van der Waals surface area (Å²) in [5.74, 6) is 1.27. The lowest BCUT2D eigenvalue weighted by molar-refractivity contribution is -0.132. The Bertz CT molecular complexity index is 964. The van der Waals surface area contributed by atoms with Gasteiger partial charge in [-0.25, -0.2) is 0 Å². The van der Waals surface area contributed by atoms with Gasteiger partial charge in [0.1, 0.15) is 5.75 Å². The summed E-state index contributed by atoms with van der Waals surface area (Å²) in [5, 5.41) is 18.7. The van der Waals surface area contributed by atoms with Crippen molar-refractivity contribution < 1.29 is 13.9 Å². The third kappa shape index (κ3) is 4.05. The van der Waals surface area contributed by atoms with Crippen LogP contribution in [0.4, 0.5) is 6.01 Å². The Kier molecular flexibility index (Phi) is 5.15. The van der Waals surface area contributed by atoms with Crippen molar-refractivity contribution in [1.82, 2.24) is 30.5 Å². The van der Waals surface area contributed by atoms with Gasteiger partial charge >= 0.3 is 6.01 Å². The van der Waals surface area contributed by atoms with E-state index in [4.69, 9.17) is 9.15 Å². The molecule has 1 aromatic carbocycles. The molecule has 10 heteroatoms. The SMILES string of the molecule is COc1cccc(CC2(C(=O)NCCn3ccnn3)CN(c3nnc(C)o3)C2)c1. The molecule has 0 unspecified atom stereocenters. The lowest BCUT2D eigenvalue weighted by Gasteiger charge is -2.48. The summed E-state index contributed by atoms with van der Waals surface area (Å²) in [6.07, 6.45) is 3.96. The maximum atomic E-state index is 13.1. The Morgan fingerprint density at radius 2 is 2.21 bits per heavy atom. The van der Waals surface area contributed by atoms with Crippen LogP contribution in [0.2, 0.25) is 0 Å². The van der Waals surface area contributed by atoms with Gasteiger partial charge in [-0.1, -0.05) is 22.4 Å². The minimum absolute atomic E-state index is 0.00655. The van der Waals surface area contributed by atoms with Crippen molar-refractivity contribution >= 4 is 11.9 Å². The molecule has 1 fully saturated rings. The van der Waals surface area contributed by atoms with E-state index >= 15 is 0 Å². The number of nitrogens with one attached hydrogen (secondary N) is 1. The first-order valence-corrected chi connectivity index (χ1v) is 9.38. The lowest BCUT2D eigenvalue weighted by Crippen LogP contribution is -2.64. The lowest BCUT2D eigenvalue weighted by atomic mass is 9.74. The first-order chi connectivity index (χ1) is 14.1. The Morgan fingerprint density at radius 1 is 1.34 bits per heavy atom. The van der Waals surface area contributed by atoms with Crippen LogP contribution in [-0.4, -0.2) is 57.8 Å². The zero-order valence-electron chi connectivity index (χ0n) is 16.4. The molecule has 29 heavy (non-hydrogen) atoms. The quantitative estimate of drug-likeness (QED) is 0.595. The van der Waals surface area contributed by atoms with E-state index in [0.717, 1.165) is 11.3 Å². The molecule has 1 aliphatic heterocycles. The van der Waals surface area contributed by atoms with Crippen LogP contribution in [-0.2, 0) is 17.8 Å². The summed E-state index contributed by atoms with van der Waals surface area (Å²) in [7, 11) is 1.63. The van der Waals surface area contributed by atoms with E-state index in [0.29, 0.717) is 44.5 Å². The van der Waals surface area contributed by atoms with Crippen molar-refractivity contribution in [3.63, 3.8) is 0 Å². The van der Waals surface area contributed by atoms with Gasteiger partial charge in [0.15, 0.2) is 0 Å². The molecule has 3 heterocycles. The standard InChI is InChI=1S/C19H23N7O3/c1-14-22-23-18(29-14)25-12-19(13-25,11-15-4-3-5-16(10-15)28-2)17(27)20-6-8-26-9-7-21-24-26/h3-5,7,9-10H,6,8,11-13H2,1-2H3,(H,20,27). The zero-order chi connectivity index (χ0) is 20.3. The number of amides is 1. The molecule has 1 saturated heterocycles. The number of carbonyl (C=O) groups is 1. The molecule has 0 spiro atoms. The predicted molar refractivity (Wildman–Crippen MR) is 103 cm³/mol. The second-order valence-corrected chi connectivity index (χ2v) is 7.19. The average Bonchev–Trinajstić information content (AvgIpc) is 3.36. The van der Waals surface area contributed by atoms with E-state index in [9.17, 15) is 4.79 Å². The molecule has 3 aromatic rings. The molecule has 0 radical (unpaired) electrons. The topological polar surface area (TPSA) is 111 Å². The number of benzene rings is 1. The number of aryl methyl sites for hydroxylation is 1. The fraction of sp³-hybridized carbons (Fsp3) is 0.421. The van der Waals surface area contributed by atoms with Crippen molar-refractivity contribution in [2.45, 2.75) is 19.9 Å². The number of methoxy groups -OCH3 is 1. The first kappa shape index (κ1) is 18.9. The molecule has 0 atom stereocenters. The maximum Gasteiger partial charge on any atom is 0.318 e. The number of ether oxygens (including phenoxy) is 1. The van der Waals surface area contributed by atoms with Gasteiger partial charge < -0.3 is 19.4 Å². The molecule has 10 nitrogen and oxygen atoms in total. The number of anilines is 1. The van der Waals surface area contributed by atoms with Gasteiger partial charge in [-0.3, -0.25) is 9.48 Å². The summed E-state index contributed by atoms with van der Waals surface area (Å²) >= 11 is 0. The largest absolute Gasteiger partial charge is 0.497 e. The van der Waals surface area contributed by atoms with Crippen LogP contribution >= 0.6 is 0 Å². The normalized spacial score (nSPS) is 15.0. The Morgan fingerprint density at radius 3 is 2.90 bits per heavy atom. The van der Waals surface area contributed by atoms with Crippen LogP contribution in [0, 0.1) is 12.3 Å². The molecular formula is C19H23N7O3. The summed E-state index contributed by atoms with van der Waals surface area (Å²) < 4.78 is 12.5. The number of hydrogen-bond acceptors (Lipinski definition) is 8. The van der Waals surface area contributed by atoms with E-state index in [1.165, 1.54) is 0 Å². The minimum atomic E-state index is -0.586. The Balaban J connectivity index is 1.47. The molecule has 0 saturated carbocycles. The van der Waals surface area contributed by atoms with Crippen LogP contribution in [0.3, 0.4) is 0 Å². The van der Waals surface area contributed by atoms with Gasteiger partial charge in [0.25, 0.3) is 0 Å². The highest BCUT2D eigenvalue weighted by Crippen LogP contribution is 2.37. The average molecular weight is 397 g/mol. The smallest absolute Gasteiger partial charge is 0.318 e. The molecule has 4 rings (SSSR count). The second kappa shape index (κ2) is 7.90. The number of rotatable bonds is 8. The Labute approximate surface area is 167 Å². The highest BCUT2D eigenvalue weighted by molar-refractivity contribution is 5.86. The van der Waals surface area contributed by atoms with Crippen molar-refractivity contribution in [3.8, 4) is 5.75 Å². The number of nitrogens with zero attached hydrogens (tertiary/aromatic N) is 6. The summed E-state index contributed by atoms with van der Waals surface area (Å²) in [5.41, 5.74) is 0.453. The molecule has 152 valence electrons. The zero-order valence-corrected chi connectivity index (χ0v) is 16.4. The van der Waals surface area contributed by atoms with Gasteiger partial charge in [0.2, 0.25) is 11.8 Å². The highest BCUT2D eigenvalue weighted by Gasteiger charge is 2.50. The van der Waals surface area contributed by atoms with Gasteiger partial charge in [-0.2, -0.15) is 0 Å². The van der Waals surface area contributed by atoms with Crippen LogP contribution in [0.25, 0.3) is 0 Å². The van der Waals surface area contributed by atoms with Crippen LogP contribution < -0.4 is 15.0 Å². The van der Waals surface area contributed by atoms with E-state index in [1.54, 1.807) is 31.1 Å². The van der Waals surface area contributed by atoms with E-state index < -0.39 is 5.41 Å². The number of aromatic nitrogens is 5. The van der Waals surface area contributed by atoms with Gasteiger partial charge in [0.05, 0.1) is 25.3 Å². The maximum absolute atomic E-state index is 13.1. The molecule has 0 bridgehead atoms. The number of hydrogen-bond donors (Lipinski definition) is 1. The van der Waals surface area contributed by atoms with E-state index in [2.05, 4.69) is 25.8 Å². The van der Waals surface area contributed by atoms with Crippen LogP contribution in [0.5, 0.6) is 5.75 Å². The molecule has 2 aromatic heterocycles. The molecular weight excluding hydrogens is 374 g/mol. The fourth-order valence-corrected chi connectivity index (χ4v) is 3.57. The van der Waals surface area contributed by atoms with Crippen molar-refractivity contribution in [2.24, 2.45) is 5.41 Å². The van der Waals surface area contributed by atoms with Gasteiger partial charge in [-0.15, -0.1) is 10.2 Å². The third-order valence-electron chi connectivity index (χ3n) is 5.03. The molecule has 0 aliphatic carbocycles. The van der Waals surface area contributed by atoms with Crippen molar-refractivity contribution in [1.29, 1.82) is 0 Å². The van der Waals surface area contributed by atoms with Crippen LogP contribution in [0.1, 0.15) is 11.5 Å². The number of carbonyl (C=O) groups excluding carboxylic acids is 1. The minimum Gasteiger partial charge on any atom is -0.497 e. The van der Waals surface area contributed by atoms with E-state index in [-0.39, 0.29) is 5.91 Å². The summed E-state index contributed by atoms with van der Waals surface area (Å²) in [6.45, 7) is 3.79.